The second-order valence-corrected chi connectivity index (χ2v) is 10.2. The maximum atomic E-state index is 12.9. The van der Waals surface area contributed by atoms with Gasteiger partial charge in [-0.05, 0) is 78.4 Å². The van der Waals surface area contributed by atoms with Crippen molar-refractivity contribution in [3.63, 3.8) is 0 Å². The summed E-state index contributed by atoms with van der Waals surface area (Å²) in [7, 11) is 0. The fourth-order valence-corrected chi connectivity index (χ4v) is 5.12. The van der Waals surface area contributed by atoms with Crippen molar-refractivity contribution in [3.8, 4) is 16.9 Å². The van der Waals surface area contributed by atoms with Gasteiger partial charge >= 0.3 is 12.1 Å². The van der Waals surface area contributed by atoms with Gasteiger partial charge in [-0.1, -0.05) is 26.0 Å². The number of aliphatic hydroxyl groups excluding tert-OH is 1. The van der Waals surface area contributed by atoms with Gasteiger partial charge in [0.1, 0.15) is 18.1 Å². The minimum absolute atomic E-state index is 0.0300. The Balaban J connectivity index is 1.81. The lowest BCUT2D eigenvalue weighted by molar-refractivity contribution is -0.139. The molecule has 1 aromatic heterocycles. The summed E-state index contributed by atoms with van der Waals surface area (Å²) in [4.78, 5) is 24.2. The van der Waals surface area contributed by atoms with Gasteiger partial charge in [0.25, 0.3) is 5.91 Å². The van der Waals surface area contributed by atoms with Crippen molar-refractivity contribution in [2.75, 3.05) is 0 Å². The van der Waals surface area contributed by atoms with Crippen LogP contribution in [0.1, 0.15) is 57.6 Å². The summed E-state index contributed by atoms with van der Waals surface area (Å²) in [6.45, 7) is 7.68. The molecule has 0 bridgehead atoms. The van der Waals surface area contributed by atoms with Crippen molar-refractivity contribution >= 4 is 23.2 Å². The number of hydrogen-bond donors (Lipinski definition) is 3. The molecule has 0 saturated carbocycles. The first-order valence-corrected chi connectivity index (χ1v) is 12.3. The van der Waals surface area contributed by atoms with Gasteiger partial charge in [-0.15, -0.1) is 11.3 Å². The van der Waals surface area contributed by atoms with E-state index in [9.17, 15) is 27.9 Å². The maximum Gasteiger partial charge on any atom is 0.416 e. The quantitative estimate of drug-likeness (QED) is 0.278. The number of alkyl halides is 3. The predicted octanol–water partition coefficient (Wildman–Crippen LogP) is 6.35. The second-order valence-electron chi connectivity index (χ2n) is 9.08. The number of carbonyl (C=O) groups is 2. The van der Waals surface area contributed by atoms with E-state index >= 15 is 0 Å². The van der Waals surface area contributed by atoms with Gasteiger partial charge in [-0.25, -0.2) is 0 Å². The fourth-order valence-electron chi connectivity index (χ4n) is 4.01. The minimum Gasteiger partial charge on any atom is -0.485 e. The molecule has 3 aromatic rings. The molecular formula is C27H28F3NO5S. The van der Waals surface area contributed by atoms with Crippen LogP contribution in [-0.4, -0.2) is 28.3 Å². The number of carboxylic acids is 1. The smallest absolute Gasteiger partial charge is 0.416 e. The molecule has 3 rings (SSSR count). The van der Waals surface area contributed by atoms with Crippen LogP contribution < -0.4 is 10.1 Å². The van der Waals surface area contributed by atoms with Crippen molar-refractivity contribution in [2.45, 2.75) is 52.6 Å². The van der Waals surface area contributed by atoms with Crippen LogP contribution in [-0.2, 0) is 11.0 Å². The molecule has 6 nitrogen and oxygen atoms in total. The fraction of sp³-hybridized carbons (Fsp3) is 0.333. The Bertz CT molecular complexity index is 1240. The van der Waals surface area contributed by atoms with E-state index in [1.807, 2.05) is 39.8 Å². The third-order valence-corrected chi connectivity index (χ3v) is 6.82. The molecule has 1 amide bonds. The van der Waals surface area contributed by atoms with E-state index in [1.54, 1.807) is 12.1 Å². The number of aryl methyl sites for hydroxylation is 2. The number of benzene rings is 2. The number of aliphatic hydroxyl groups is 1. The maximum absolute atomic E-state index is 12.9. The van der Waals surface area contributed by atoms with Crippen molar-refractivity contribution in [2.24, 2.45) is 5.92 Å². The Morgan fingerprint density at radius 2 is 1.62 bits per heavy atom. The molecule has 198 valence electrons. The molecule has 2 atom stereocenters. The number of carbonyl (C=O) groups excluding carboxylic acids is 1. The second kappa shape index (κ2) is 11.4. The molecule has 0 spiro atoms. The molecule has 10 heteroatoms. The highest BCUT2D eigenvalue weighted by molar-refractivity contribution is 7.14. The third kappa shape index (κ3) is 7.11. The predicted molar refractivity (Wildman–Crippen MR) is 135 cm³/mol. The van der Waals surface area contributed by atoms with Crippen LogP contribution in [0.2, 0.25) is 0 Å². The van der Waals surface area contributed by atoms with E-state index in [0.29, 0.717) is 16.2 Å². The van der Waals surface area contributed by atoms with Gasteiger partial charge in [0, 0.05) is 4.88 Å². The van der Waals surface area contributed by atoms with Crippen LogP contribution in [0.5, 0.6) is 5.75 Å². The van der Waals surface area contributed by atoms with Crippen LogP contribution >= 0.6 is 11.3 Å². The Kier molecular flexibility index (Phi) is 8.65. The Morgan fingerprint density at radius 1 is 1.03 bits per heavy atom. The van der Waals surface area contributed by atoms with Crippen LogP contribution in [0.25, 0.3) is 11.1 Å². The number of carboxylic acid groups (broad SMARTS) is 1. The lowest BCUT2D eigenvalue weighted by atomic mass is 9.94. The summed E-state index contributed by atoms with van der Waals surface area (Å²) in [6, 6.07) is 12.1. The summed E-state index contributed by atoms with van der Waals surface area (Å²) >= 11 is 1.18. The van der Waals surface area contributed by atoms with E-state index in [-0.39, 0.29) is 5.92 Å². The van der Waals surface area contributed by atoms with Crippen molar-refractivity contribution < 1.29 is 37.7 Å². The van der Waals surface area contributed by atoms with Gasteiger partial charge in [0.05, 0.1) is 16.9 Å². The molecule has 0 saturated heterocycles. The van der Waals surface area contributed by atoms with Crippen LogP contribution in [0.3, 0.4) is 0 Å². The number of nitrogens with one attached hydrogen (secondary N) is 1. The zero-order valence-corrected chi connectivity index (χ0v) is 21.5. The molecular weight excluding hydrogens is 507 g/mol. The van der Waals surface area contributed by atoms with E-state index < -0.39 is 42.4 Å². The highest BCUT2D eigenvalue weighted by atomic mass is 32.1. The molecule has 0 fully saturated rings. The lowest BCUT2D eigenvalue weighted by Gasteiger charge is -2.23. The SMILES string of the molecule is Cc1cc(OC(c2ccc(C(=O)N[C@@H](O)CC(=O)O)s2)C(C)C)cc(C)c1-c1ccc(C(F)(F)F)cc1. The zero-order chi connectivity index (χ0) is 27.5. The standard InChI is InChI=1S/C27H28F3NO5S/c1-14(2)25(20-9-10-21(37-20)26(35)31-22(32)13-23(33)34)36-19-11-15(3)24(16(4)12-19)17-5-7-18(8-6-17)27(28,29)30/h5-12,14,22,25,32H,13H2,1-4H3,(H,31,35)(H,33,34)/t22-,25?/m0/s1. The Hall–Kier alpha value is -3.37. The number of amides is 1. The molecule has 0 aliphatic carbocycles. The average molecular weight is 536 g/mol. The summed E-state index contributed by atoms with van der Waals surface area (Å²) in [5.41, 5.74) is 2.49. The van der Waals surface area contributed by atoms with Crippen molar-refractivity contribution in [1.29, 1.82) is 0 Å². The first kappa shape index (κ1) is 28.2. The Labute approximate surface area is 216 Å². The van der Waals surface area contributed by atoms with Crippen molar-refractivity contribution in [3.05, 3.63) is 75.0 Å². The minimum atomic E-state index is -4.40. The summed E-state index contributed by atoms with van der Waals surface area (Å²) in [6.07, 6.45) is -6.90. The highest BCUT2D eigenvalue weighted by Crippen LogP contribution is 2.37. The summed E-state index contributed by atoms with van der Waals surface area (Å²) < 4.78 is 45.1. The van der Waals surface area contributed by atoms with Gasteiger partial charge < -0.3 is 20.3 Å². The number of hydrogen-bond acceptors (Lipinski definition) is 5. The number of aliphatic carboxylic acids is 1. The number of rotatable bonds is 9. The Morgan fingerprint density at radius 3 is 2.14 bits per heavy atom. The molecule has 3 N–H and O–H groups in total. The van der Waals surface area contributed by atoms with E-state index in [0.717, 1.165) is 33.7 Å². The van der Waals surface area contributed by atoms with Gasteiger partial charge in [0.15, 0.2) is 0 Å². The number of thiophene rings is 1. The normalized spacial score (nSPS) is 13.3. The first-order valence-electron chi connectivity index (χ1n) is 11.5. The zero-order valence-electron chi connectivity index (χ0n) is 20.7. The third-order valence-electron chi connectivity index (χ3n) is 5.67. The molecule has 37 heavy (non-hydrogen) atoms. The van der Waals surface area contributed by atoms with E-state index in [1.165, 1.54) is 23.5 Å². The largest absolute Gasteiger partial charge is 0.485 e. The van der Waals surface area contributed by atoms with Crippen molar-refractivity contribution in [1.82, 2.24) is 5.32 Å². The van der Waals surface area contributed by atoms with Crippen LogP contribution in [0.15, 0.2) is 48.5 Å². The van der Waals surface area contributed by atoms with E-state index in [4.69, 9.17) is 9.84 Å². The van der Waals surface area contributed by atoms with Gasteiger partial charge in [-0.3, -0.25) is 9.59 Å². The summed E-state index contributed by atoms with van der Waals surface area (Å²) in [5, 5.41) is 20.7. The molecule has 1 unspecified atom stereocenters. The van der Waals surface area contributed by atoms with E-state index in [2.05, 4.69) is 5.32 Å². The molecule has 0 aliphatic heterocycles. The monoisotopic (exact) mass is 535 g/mol. The molecule has 1 heterocycles. The first-order chi connectivity index (χ1) is 17.3. The van der Waals surface area contributed by atoms with Gasteiger partial charge in [-0.2, -0.15) is 13.2 Å². The highest BCUT2D eigenvalue weighted by Gasteiger charge is 2.30. The molecule has 2 aromatic carbocycles. The van der Waals surface area contributed by atoms with Gasteiger partial charge in [0.2, 0.25) is 0 Å². The lowest BCUT2D eigenvalue weighted by Crippen LogP contribution is -2.35. The van der Waals surface area contributed by atoms with Crippen LogP contribution in [0.4, 0.5) is 13.2 Å². The summed E-state index contributed by atoms with van der Waals surface area (Å²) in [5.74, 6) is -1.20. The number of ether oxygens (including phenoxy) is 1. The molecule has 0 aliphatic rings. The molecule has 0 radical (unpaired) electrons. The van der Waals surface area contributed by atoms with Crippen LogP contribution in [0, 0.1) is 19.8 Å². The average Bonchev–Trinajstić information content (AvgIpc) is 3.26. The number of halogens is 3. The topological polar surface area (TPSA) is 95.9 Å².